The molecule has 3 aromatic carbocycles. The SMILES string of the molecule is CCCCCOc1cnc(CCc2ccc3c(F)c(CCc4ccc(OCC(F)(F)F)cc4)ccc3c2)nc1. The number of rotatable bonds is 13. The van der Waals surface area contributed by atoms with Gasteiger partial charge >= 0.3 is 6.18 Å². The van der Waals surface area contributed by atoms with Gasteiger partial charge in [0.1, 0.15) is 17.4 Å². The molecule has 39 heavy (non-hydrogen) atoms. The van der Waals surface area contributed by atoms with E-state index >= 15 is 4.39 Å². The monoisotopic (exact) mass is 540 g/mol. The summed E-state index contributed by atoms with van der Waals surface area (Å²) in [5.41, 5.74) is 2.56. The van der Waals surface area contributed by atoms with E-state index < -0.39 is 12.8 Å². The number of unbranched alkanes of at least 4 members (excludes halogenated alkanes) is 2. The van der Waals surface area contributed by atoms with Gasteiger partial charge in [-0.2, -0.15) is 13.2 Å². The van der Waals surface area contributed by atoms with Crippen LogP contribution in [0.15, 0.2) is 67.0 Å². The van der Waals surface area contributed by atoms with Crippen molar-refractivity contribution in [3.63, 3.8) is 0 Å². The Labute approximate surface area is 226 Å². The summed E-state index contributed by atoms with van der Waals surface area (Å²) in [5.74, 6) is 1.32. The lowest BCUT2D eigenvalue weighted by molar-refractivity contribution is -0.153. The summed E-state index contributed by atoms with van der Waals surface area (Å²) in [6.45, 7) is 1.49. The third-order valence-electron chi connectivity index (χ3n) is 6.44. The number of ether oxygens (including phenoxy) is 2. The molecule has 0 N–H and O–H groups in total. The van der Waals surface area contributed by atoms with Crippen molar-refractivity contribution >= 4 is 10.8 Å². The molecule has 0 spiro atoms. The predicted octanol–water partition coefficient (Wildman–Crippen LogP) is 7.85. The number of benzene rings is 3. The van der Waals surface area contributed by atoms with Crippen molar-refractivity contribution in [1.82, 2.24) is 9.97 Å². The number of halogens is 4. The van der Waals surface area contributed by atoms with Crippen molar-refractivity contribution in [1.29, 1.82) is 0 Å². The van der Waals surface area contributed by atoms with E-state index in [0.29, 0.717) is 42.6 Å². The van der Waals surface area contributed by atoms with Gasteiger partial charge in [-0.05, 0) is 59.9 Å². The van der Waals surface area contributed by atoms with Crippen LogP contribution in [0.1, 0.15) is 48.7 Å². The van der Waals surface area contributed by atoms with Gasteiger partial charge < -0.3 is 9.47 Å². The lowest BCUT2D eigenvalue weighted by Gasteiger charge is -2.10. The average Bonchev–Trinajstić information content (AvgIpc) is 2.93. The first kappa shape index (κ1) is 28.3. The fraction of sp³-hybridized carbons (Fsp3) is 0.355. The van der Waals surface area contributed by atoms with Crippen LogP contribution >= 0.6 is 0 Å². The molecule has 206 valence electrons. The van der Waals surface area contributed by atoms with Crippen molar-refractivity contribution in [2.45, 2.75) is 58.0 Å². The Morgan fingerprint density at radius 3 is 2.18 bits per heavy atom. The molecule has 0 aliphatic heterocycles. The summed E-state index contributed by atoms with van der Waals surface area (Å²) < 4.78 is 62.5. The highest BCUT2D eigenvalue weighted by Crippen LogP contribution is 2.25. The third-order valence-corrected chi connectivity index (χ3v) is 6.44. The molecule has 0 radical (unpaired) electrons. The molecule has 1 heterocycles. The van der Waals surface area contributed by atoms with E-state index in [1.807, 2.05) is 24.3 Å². The van der Waals surface area contributed by atoms with Gasteiger partial charge in [-0.15, -0.1) is 0 Å². The van der Waals surface area contributed by atoms with Gasteiger partial charge in [-0.25, -0.2) is 14.4 Å². The lowest BCUT2D eigenvalue weighted by atomic mass is 9.98. The standard InChI is InChI=1S/C31H32F4N2O2/c1-2-3-4-17-38-27-19-36-29(37-20-27)16-9-23-8-15-28-25(18-23)12-11-24(30(28)32)10-5-22-6-13-26(14-7-22)39-21-31(33,34)35/h6-8,11-15,18-20H,2-5,9-10,16-17,21H2,1H3. The minimum atomic E-state index is -4.38. The molecule has 4 aromatic rings. The maximum Gasteiger partial charge on any atom is 0.422 e. The number of aromatic nitrogens is 2. The van der Waals surface area contributed by atoms with E-state index in [-0.39, 0.29) is 11.6 Å². The van der Waals surface area contributed by atoms with Gasteiger partial charge in [0, 0.05) is 11.8 Å². The van der Waals surface area contributed by atoms with Crippen LogP contribution in [-0.4, -0.2) is 29.4 Å². The quantitative estimate of drug-likeness (QED) is 0.128. The highest BCUT2D eigenvalue weighted by atomic mass is 19.4. The van der Waals surface area contributed by atoms with Gasteiger partial charge in [0.2, 0.25) is 0 Å². The van der Waals surface area contributed by atoms with Crippen LogP contribution in [-0.2, 0) is 25.7 Å². The normalized spacial score (nSPS) is 11.6. The number of alkyl halides is 3. The second-order valence-corrected chi connectivity index (χ2v) is 9.53. The van der Waals surface area contributed by atoms with E-state index in [2.05, 4.69) is 16.9 Å². The van der Waals surface area contributed by atoms with Crippen molar-refractivity contribution in [3.05, 3.63) is 95.3 Å². The molecule has 0 bridgehead atoms. The van der Waals surface area contributed by atoms with Gasteiger partial charge in [0.05, 0.1) is 19.0 Å². The van der Waals surface area contributed by atoms with Crippen LogP contribution in [0.3, 0.4) is 0 Å². The van der Waals surface area contributed by atoms with Gasteiger partial charge in [-0.1, -0.05) is 62.2 Å². The molecular formula is C31H32F4N2O2. The summed E-state index contributed by atoms with van der Waals surface area (Å²) in [5, 5.41) is 1.39. The molecule has 1 aromatic heterocycles. The first-order valence-electron chi connectivity index (χ1n) is 13.2. The average molecular weight is 541 g/mol. The minimum absolute atomic E-state index is 0.152. The Balaban J connectivity index is 1.31. The predicted molar refractivity (Wildman–Crippen MR) is 144 cm³/mol. The number of fused-ring (bicyclic) bond motifs is 1. The van der Waals surface area contributed by atoms with Crippen molar-refractivity contribution in [2.75, 3.05) is 13.2 Å². The Hall–Kier alpha value is -3.68. The summed E-state index contributed by atoms with van der Waals surface area (Å²) in [6, 6.07) is 15.9. The fourth-order valence-electron chi connectivity index (χ4n) is 4.28. The zero-order valence-corrected chi connectivity index (χ0v) is 21.9. The lowest BCUT2D eigenvalue weighted by Crippen LogP contribution is -2.19. The Morgan fingerprint density at radius 1 is 0.744 bits per heavy atom. The topological polar surface area (TPSA) is 44.2 Å². The van der Waals surface area contributed by atoms with Gasteiger partial charge in [0.15, 0.2) is 12.4 Å². The Kier molecular flexibility index (Phi) is 9.74. The molecule has 0 aliphatic rings. The molecule has 0 amide bonds. The molecule has 0 unspecified atom stereocenters. The first-order valence-corrected chi connectivity index (χ1v) is 13.2. The van der Waals surface area contributed by atoms with E-state index in [1.54, 1.807) is 30.6 Å². The summed E-state index contributed by atoms with van der Waals surface area (Å²) in [6.07, 6.45) is 4.78. The van der Waals surface area contributed by atoms with Crippen LogP contribution in [0, 0.1) is 5.82 Å². The maximum absolute atomic E-state index is 15.2. The van der Waals surface area contributed by atoms with Crippen molar-refractivity contribution < 1.29 is 27.0 Å². The molecule has 4 nitrogen and oxygen atoms in total. The van der Waals surface area contributed by atoms with E-state index in [4.69, 9.17) is 9.47 Å². The zero-order chi connectivity index (χ0) is 27.7. The second kappa shape index (κ2) is 13.4. The molecule has 4 rings (SSSR count). The Morgan fingerprint density at radius 2 is 1.46 bits per heavy atom. The highest BCUT2D eigenvalue weighted by molar-refractivity contribution is 5.84. The second-order valence-electron chi connectivity index (χ2n) is 9.53. The van der Waals surface area contributed by atoms with Crippen LogP contribution < -0.4 is 9.47 Å². The van der Waals surface area contributed by atoms with Crippen LogP contribution in [0.5, 0.6) is 11.5 Å². The fourth-order valence-corrected chi connectivity index (χ4v) is 4.28. The van der Waals surface area contributed by atoms with Crippen LogP contribution in [0.25, 0.3) is 10.8 Å². The van der Waals surface area contributed by atoms with Gasteiger partial charge in [0.25, 0.3) is 0 Å². The summed E-state index contributed by atoms with van der Waals surface area (Å²) >= 11 is 0. The van der Waals surface area contributed by atoms with Crippen molar-refractivity contribution in [3.8, 4) is 11.5 Å². The highest BCUT2D eigenvalue weighted by Gasteiger charge is 2.28. The van der Waals surface area contributed by atoms with E-state index in [1.165, 1.54) is 12.1 Å². The molecule has 0 aliphatic carbocycles. The third kappa shape index (κ3) is 8.67. The number of hydrogen-bond acceptors (Lipinski definition) is 4. The summed E-state index contributed by atoms with van der Waals surface area (Å²) in [7, 11) is 0. The molecule has 0 atom stereocenters. The van der Waals surface area contributed by atoms with Crippen LogP contribution in [0.2, 0.25) is 0 Å². The van der Waals surface area contributed by atoms with Crippen molar-refractivity contribution in [2.24, 2.45) is 0 Å². The Bertz CT molecular complexity index is 1340. The van der Waals surface area contributed by atoms with Gasteiger partial charge in [-0.3, -0.25) is 0 Å². The molecule has 0 saturated heterocycles. The summed E-state index contributed by atoms with van der Waals surface area (Å²) in [4.78, 5) is 8.80. The molecular weight excluding hydrogens is 508 g/mol. The maximum atomic E-state index is 15.2. The number of hydrogen-bond donors (Lipinski definition) is 0. The smallest absolute Gasteiger partial charge is 0.422 e. The first-order chi connectivity index (χ1) is 18.8. The van der Waals surface area contributed by atoms with Crippen LogP contribution in [0.4, 0.5) is 17.6 Å². The molecule has 0 saturated carbocycles. The molecule has 8 heteroatoms. The molecule has 0 fully saturated rings. The minimum Gasteiger partial charge on any atom is -0.490 e. The van der Waals surface area contributed by atoms with E-state index in [9.17, 15) is 13.2 Å². The number of nitrogens with zero attached hydrogens (tertiary/aromatic N) is 2. The largest absolute Gasteiger partial charge is 0.490 e. The van der Waals surface area contributed by atoms with E-state index in [0.717, 1.165) is 48.0 Å². The zero-order valence-electron chi connectivity index (χ0n) is 21.9. The number of aryl methyl sites for hydroxylation is 4.